The third kappa shape index (κ3) is 6.43. The molecule has 10 heteroatoms. The average Bonchev–Trinajstić information content (AvgIpc) is 3.24. The Morgan fingerprint density at radius 3 is 3.00 bits per heavy atom. The second-order valence-electron chi connectivity index (χ2n) is 6.83. The maximum Gasteiger partial charge on any atom is 0.191 e. The number of rotatable bonds is 8. The maximum atomic E-state index is 5.13. The molecule has 3 heterocycles. The normalized spacial score (nSPS) is 16.4. The van der Waals surface area contributed by atoms with E-state index in [0.717, 1.165) is 63.0 Å². The van der Waals surface area contributed by atoms with Crippen LogP contribution in [0.5, 0.6) is 0 Å². The largest absolute Gasteiger partial charge is 0.377 e. The van der Waals surface area contributed by atoms with Crippen molar-refractivity contribution >= 4 is 29.9 Å². The SMILES string of the molecule is CCNC(=NCCCn1cc(C)cn1)NC1CCc2nc(COC)nn2C1.I. The molecule has 1 unspecified atom stereocenters. The number of ether oxygens (including phenoxy) is 1. The van der Waals surface area contributed by atoms with Crippen LogP contribution in [0, 0.1) is 6.92 Å². The lowest BCUT2D eigenvalue weighted by Crippen LogP contribution is -2.47. The van der Waals surface area contributed by atoms with Crippen LogP contribution in [-0.4, -0.2) is 56.7 Å². The fourth-order valence-electron chi connectivity index (χ4n) is 3.19. The molecule has 0 radical (unpaired) electrons. The Hall–Kier alpha value is -1.69. The molecule has 2 aromatic heterocycles. The predicted octanol–water partition coefficient (Wildman–Crippen LogP) is 1.51. The van der Waals surface area contributed by atoms with Crippen LogP contribution in [0.2, 0.25) is 0 Å². The third-order valence-corrected chi connectivity index (χ3v) is 4.44. The Bertz CT molecular complexity index is 757. The number of hydrogen-bond donors (Lipinski definition) is 2. The number of methoxy groups -OCH3 is 1. The lowest BCUT2D eigenvalue weighted by atomic mass is 10.1. The van der Waals surface area contributed by atoms with Crippen LogP contribution >= 0.6 is 24.0 Å². The van der Waals surface area contributed by atoms with Gasteiger partial charge in [-0.2, -0.15) is 10.2 Å². The number of nitrogens with zero attached hydrogens (tertiary/aromatic N) is 6. The minimum Gasteiger partial charge on any atom is -0.377 e. The summed E-state index contributed by atoms with van der Waals surface area (Å²) in [7, 11) is 1.66. The molecule has 0 aliphatic carbocycles. The summed E-state index contributed by atoms with van der Waals surface area (Å²) in [4.78, 5) is 9.23. The van der Waals surface area contributed by atoms with E-state index in [2.05, 4.69) is 45.9 Å². The van der Waals surface area contributed by atoms with Crippen LogP contribution in [0.25, 0.3) is 0 Å². The van der Waals surface area contributed by atoms with Crippen molar-refractivity contribution in [2.24, 2.45) is 4.99 Å². The lowest BCUT2D eigenvalue weighted by molar-refractivity contribution is 0.177. The Balaban J connectivity index is 0.00000280. The van der Waals surface area contributed by atoms with Crippen molar-refractivity contribution in [1.82, 2.24) is 35.2 Å². The van der Waals surface area contributed by atoms with Gasteiger partial charge in [0.2, 0.25) is 0 Å². The molecule has 1 aliphatic heterocycles. The minimum absolute atomic E-state index is 0. The van der Waals surface area contributed by atoms with Gasteiger partial charge in [0.15, 0.2) is 11.8 Å². The summed E-state index contributed by atoms with van der Waals surface area (Å²) in [6, 6.07) is 0.293. The molecule has 0 bridgehead atoms. The zero-order valence-electron chi connectivity index (χ0n) is 16.9. The van der Waals surface area contributed by atoms with Crippen LogP contribution in [0.15, 0.2) is 17.4 Å². The summed E-state index contributed by atoms with van der Waals surface area (Å²) >= 11 is 0. The highest BCUT2D eigenvalue weighted by Crippen LogP contribution is 2.13. The van der Waals surface area contributed by atoms with Crippen LogP contribution in [0.4, 0.5) is 0 Å². The van der Waals surface area contributed by atoms with Gasteiger partial charge in [-0.3, -0.25) is 9.67 Å². The van der Waals surface area contributed by atoms with Crippen LogP contribution < -0.4 is 10.6 Å². The van der Waals surface area contributed by atoms with E-state index in [1.165, 1.54) is 5.56 Å². The summed E-state index contributed by atoms with van der Waals surface area (Å²) in [5, 5.41) is 15.7. The highest BCUT2D eigenvalue weighted by Gasteiger charge is 2.22. The number of aliphatic imine (C=N–C) groups is 1. The summed E-state index contributed by atoms with van der Waals surface area (Å²) in [5.41, 5.74) is 1.19. The van der Waals surface area contributed by atoms with Crippen molar-refractivity contribution in [3.8, 4) is 0 Å². The van der Waals surface area contributed by atoms with E-state index in [9.17, 15) is 0 Å². The monoisotopic (exact) mass is 502 g/mol. The van der Waals surface area contributed by atoms with Crippen molar-refractivity contribution < 1.29 is 4.74 Å². The second-order valence-corrected chi connectivity index (χ2v) is 6.83. The summed E-state index contributed by atoms with van der Waals surface area (Å²) < 4.78 is 9.08. The number of fused-ring (bicyclic) bond motifs is 1. The fourth-order valence-corrected chi connectivity index (χ4v) is 3.19. The first kappa shape index (κ1) is 22.6. The average molecular weight is 502 g/mol. The van der Waals surface area contributed by atoms with Gasteiger partial charge < -0.3 is 15.4 Å². The maximum absolute atomic E-state index is 5.13. The fraction of sp³-hybridized carbons (Fsp3) is 0.667. The molecule has 156 valence electrons. The van der Waals surface area contributed by atoms with E-state index < -0.39 is 0 Å². The molecule has 3 rings (SSSR count). The van der Waals surface area contributed by atoms with Crippen molar-refractivity contribution in [1.29, 1.82) is 0 Å². The molecule has 0 aromatic carbocycles. The number of aryl methyl sites for hydroxylation is 3. The quantitative estimate of drug-likeness (QED) is 0.246. The zero-order valence-corrected chi connectivity index (χ0v) is 19.2. The summed E-state index contributed by atoms with van der Waals surface area (Å²) in [6.45, 7) is 7.86. The molecule has 28 heavy (non-hydrogen) atoms. The van der Waals surface area contributed by atoms with Gasteiger partial charge in [0.1, 0.15) is 12.4 Å². The Kier molecular flexibility index (Phi) is 9.16. The van der Waals surface area contributed by atoms with Crippen LogP contribution in [0.3, 0.4) is 0 Å². The van der Waals surface area contributed by atoms with E-state index in [1.807, 2.05) is 15.6 Å². The zero-order chi connectivity index (χ0) is 19.1. The molecule has 0 spiro atoms. The van der Waals surface area contributed by atoms with Gasteiger partial charge in [-0.05, 0) is 32.3 Å². The highest BCUT2D eigenvalue weighted by atomic mass is 127. The van der Waals surface area contributed by atoms with Gasteiger partial charge in [-0.25, -0.2) is 9.67 Å². The number of guanidine groups is 1. The van der Waals surface area contributed by atoms with E-state index >= 15 is 0 Å². The molecule has 9 nitrogen and oxygen atoms in total. The van der Waals surface area contributed by atoms with Crippen molar-refractivity contribution in [3.05, 3.63) is 29.6 Å². The first-order valence-electron chi connectivity index (χ1n) is 9.63. The molecule has 0 amide bonds. The lowest BCUT2D eigenvalue weighted by Gasteiger charge is -2.25. The topological polar surface area (TPSA) is 94.2 Å². The first-order chi connectivity index (χ1) is 13.2. The molecule has 0 saturated heterocycles. The van der Waals surface area contributed by atoms with Crippen molar-refractivity contribution in [2.75, 3.05) is 20.2 Å². The Morgan fingerprint density at radius 2 is 2.29 bits per heavy atom. The van der Waals surface area contributed by atoms with Gasteiger partial charge in [0, 0.05) is 45.4 Å². The second kappa shape index (κ2) is 11.3. The standard InChI is InChI=1S/C18H30N8O.HI/c1-4-19-18(20-8-5-9-25-11-14(2)10-21-25)22-15-6-7-17-23-16(13-27-3)24-26(17)12-15;/h10-11,15H,4-9,12-13H2,1-3H3,(H2,19,20,22);1H. The van der Waals surface area contributed by atoms with Crippen molar-refractivity contribution in [3.63, 3.8) is 0 Å². The molecule has 0 saturated carbocycles. The van der Waals surface area contributed by atoms with Crippen LogP contribution in [-0.2, 0) is 30.9 Å². The Labute approximate surface area is 183 Å². The van der Waals surface area contributed by atoms with Gasteiger partial charge in [0.25, 0.3) is 0 Å². The number of nitrogens with one attached hydrogen (secondary N) is 2. The van der Waals surface area contributed by atoms with E-state index in [4.69, 9.17) is 9.73 Å². The Morgan fingerprint density at radius 1 is 1.43 bits per heavy atom. The first-order valence-corrected chi connectivity index (χ1v) is 9.63. The summed E-state index contributed by atoms with van der Waals surface area (Å²) in [6.07, 6.45) is 6.82. The van der Waals surface area contributed by atoms with Gasteiger partial charge >= 0.3 is 0 Å². The molecule has 1 aliphatic rings. The van der Waals surface area contributed by atoms with Gasteiger partial charge in [-0.1, -0.05) is 0 Å². The van der Waals surface area contributed by atoms with E-state index in [1.54, 1.807) is 7.11 Å². The van der Waals surface area contributed by atoms with Gasteiger partial charge in [0.05, 0.1) is 12.7 Å². The van der Waals surface area contributed by atoms with Gasteiger partial charge in [-0.15, -0.1) is 24.0 Å². The minimum atomic E-state index is 0. The molecule has 2 aromatic rings. The number of aromatic nitrogens is 5. The molecular formula is C18H31IN8O. The van der Waals surface area contributed by atoms with E-state index in [0.29, 0.717) is 12.6 Å². The summed E-state index contributed by atoms with van der Waals surface area (Å²) in [5.74, 6) is 2.65. The van der Waals surface area contributed by atoms with E-state index in [-0.39, 0.29) is 24.0 Å². The predicted molar refractivity (Wildman–Crippen MR) is 119 cm³/mol. The smallest absolute Gasteiger partial charge is 0.191 e. The number of hydrogen-bond acceptors (Lipinski definition) is 5. The molecule has 1 atom stereocenters. The highest BCUT2D eigenvalue weighted by molar-refractivity contribution is 14.0. The van der Waals surface area contributed by atoms with Crippen molar-refractivity contribution in [2.45, 2.75) is 58.8 Å². The molecule has 2 N–H and O–H groups in total. The molecular weight excluding hydrogens is 471 g/mol. The third-order valence-electron chi connectivity index (χ3n) is 4.44. The number of halogens is 1. The molecule has 0 fully saturated rings. The van der Waals surface area contributed by atoms with Crippen LogP contribution in [0.1, 0.15) is 37.0 Å².